The van der Waals surface area contributed by atoms with Crippen LogP contribution in [0.4, 0.5) is 0 Å². The maximum absolute atomic E-state index is 12.8. The monoisotopic (exact) mass is 345 g/mol. The minimum atomic E-state index is -0.387. The number of benzene rings is 1. The zero-order valence-corrected chi connectivity index (χ0v) is 16.3. The Kier molecular flexibility index (Phi) is 7.45. The van der Waals surface area contributed by atoms with Gasteiger partial charge in [-0.05, 0) is 44.6 Å². The number of amides is 1. The minimum absolute atomic E-state index is 0.128. The number of hydrogen-bond acceptors (Lipinski definition) is 3. The molecule has 2 atom stereocenters. The second kappa shape index (κ2) is 9.35. The van der Waals surface area contributed by atoms with Gasteiger partial charge in [0.2, 0.25) is 5.91 Å². The van der Waals surface area contributed by atoms with Gasteiger partial charge in [-0.3, -0.25) is 9.69 Å². The highest BCUT2D eigenvalue weighted by molar-refractivity contribution is 5.82. The Morgan fingerprint density at radius 2 is 1.88 bits per heavy atom. The molecule has 1 saturated heterocycles. The third kappa shape index (κ3) is 5.55. The molecule has 0 bridgehead atoms. The average molecular weight is 346 g/mol. The lowest BCUT2D eigenvalue weighted by Gasteiger charge is -2.41. The number of piperidine rings is 1. The van der Waals surface area contributed by atoms with E-state index >= 15 is 0 Å². The number of nitrogens with zero attached hydrogens (tertiary/aromatic N) is 2. The highest BCUT2D eigenvalue weighted by Crippen LogP contribution is 2.22. The first kappa shape index (κ1) is 19.9. The second-order valence-electron chi connectivity index (χ2n) is 7.96. The molecule has 0 spiro atoms. The van der Waals surface area contributed by atoms with Crippen molar-refractivity contribution in [3.8, 4) is 0 Å². The van der Waals surface area contributed by atoms with Crippen molar-refractivity contribution in [2.45, 2.75) is 71.6 Å². The molecule has 1 aliphatic rings. The van der Waals surface area contributed by atoms with E-state index in [2.05, 4.69) is 54.0 Å². The molecule has 0 radical (unpaired) electrons. The van der Waals surface area contributed by atoms with Gasteiger partial charge >= 0.3 is 0 Å². The SMILES string of the molecule is CC(C)[C@H](N)C(=O)N1CCCC[C@@H]1CN(Cc1ccccc1)C(C)C. The normalized spacial score (nSPS) is 19.7. The first-order valence-electron chi connectivity index (χ1n) is 9.74. The Bertz CT molecular complexity index is 529. The summed E-state index contributed by atoms with van der Waals surface area (Å²) >= 11 is 0. The fourth-order valence-electron chi connectivity index (χ4n) is 3.50. The van der Waals surface area contributed by atoms with E-state index in [1.165, 1.54) is 12.0 Å². The van der Waals surface area contributed by atoms with Crippen molar-refractivity contribution in [3.05, 3.63) is 35.9 Å². The van der Waals surface area contributed by atoms with Crippen molar-refractivity contribution in [2.24, 2.45) is 11.7 Å². The van der Waals surface area contributed by atoms with Gasteiger partial charge in [0, 0.05) is 31.7 Å². The predicted octanol–water partition coefficient (Wildman–Crippen LogP) is 3.26. The highest BCUT2D eigenvalue weighted by atomic mass is 16.2. The van der Waals surface area contributed by atoms with E-state index in [9.17, 15) is 4.79 Å². The van der Waals surface area contributed by atoms with Gasteiger partial charge in [-0.2, -0.15) is 0 Å². The molecule has 2 N–H and O–H groups in total. The molecule has 1 aliphatic heterocycles. The lowest BCUT2D eigenvalue weighted by molar-refractivity contribution is -0.138. The minimum Gasteiger partial charge on any atom is -0.337 e. The Hall–Kier alpha value is -1.39. The first-order chi connectivity index (χ1) is 11.9. The third-order valence-corrected chi connectivity index (χ3v) is 5.32. The van der Waals surface area contributed by atoms with E-state index in [4.69, 9.17) is 5.73 Å². The topological polar surface area (TPSA) is 49.6 Å². The molecule has 4 heteroatoms. The molecule has 1 aromatic rings. The van der Waals surface area contributed by atoms with Gasteiger partial charge in [-0.15, -0.1) is 0 Å². The molecule has 4 nitrogen and oxygen atoms in total. The number of carbonyl (C=O) groups is 1. The van der Waals surface area contributed by atoms with Crippen LogP contribution in [0.25, 0.3) is 0 Å². The predicted molar refractivity (Wildman–Crippen MR) is 104 cm³/mol. The lowest BCUT2D eigenvalue weighted by atomic mass is 9.97. The van der Waals surface area contributed by atoms with Crippen molar-refractivity contribution < 1.29 is 4.79 Å². The Balaban J connectivity index is 2.08. The Labute approximate surface area is 153 Å². The van der Waals surface area contributed by atoms with Crippen LogP contribution in [0.15, 0.2) is 30.3 Å². The molecule has 1 aromatic carbocycles. The summed E-state index contributed by atoms with van der Waals surface area (Å²) in [4.78, 5) is 17.4. The van der Waals surface area contributed by atoms with Gasteiger partial charge in [0.25, 0.3) is 0 Å². The van der Waals surface area contributed by atoms with E-state index < -0.39 is 0 Å². The first-order valence-corrected chi connectivity index (χ1v) is 9.74. The smallest absolute Gasteiger partial charge is 0.240 e. The zero-order chi connectivity index (χ0) is 18.4. The summed E-state index contributed by atoms with van der Waals surface area (Å²) in [6.07, 6.45) is 3.37. The van der Waals surface area contributed by atoms with Crippen molar-refractivity contribution in [2.75, 3.05) is 13.1 Å². The molecular formula is C21H35N3O. The van der Waals surface area contributed by atoms with Crippen LogP contribution >= 0.6 is 0 Å². The molecule has 1 fully saturated rings. The molecular weight excluding hydrogens is 310 g/mol. The second-order valence-corrected chi connectivity index (χ2v) is 7.96. The van der Waals surface area contributed by atoms with Crippen LogP contribution < -0.4 is 5.73 Å². The van der Waals surface area contributed by atoms with E-state index in [0.29, 0.717) is 6.04 Å². The van der Waals surface area contributed by atoms with Crippen LogP contribution in [-0.2, 0) is 11.3 Å². The molecule has 0 aromatic heterocycles. The molecule has 1 amide bonds. The third-order valence-electron chi connectivity index (χ3n) is 5.32. The number of likely N-dealkylation sites (tertiary alicyclic amines) is 1. The van der Waals surface area contributed by atoms with E-state index in [0.717, 1.165) is 32.5 Å². The fraction of sp³-hybridized carbons (Fsp3) is 0.667. The maximum Gasteiger partial charge on any atom is 0.240 e. The molecule has 0 saturated carbocycles. The summed E-state index contributed by atoms with van der Waals surface area (Å²) in [5.74, 6) is 0.309. The number of nitrogens with two attached hydrogens (primary N) is 1. The van der Waals surface area contributed by atoms with Crippen LogP contribution in [-0.4, -0.2) is 46.9 Å². The molecule has 140 valence electrons. The van der Waals surface area contributed by atoms with Crippen LogP contribution in [0.1, 0.15) is 52.5 Å². The summed E-state index contributed by atoms with van der Waals surface area (Å²) in [5, 5.41) is 0. The van der Waals surface area contributed by atoms with Crippen molar-refractivity contribution in [3.63, 3.8) is 0 Å². The molecule has 2 rings (SSSR count). The van der Waals surface area contributed by atoms with Gasteiger partial charge in [0.1, 0.15) is 0 Å². The summed E-state index contributed by atoms with van der Waals surface area (Å²) in [6, 6.07) is 10.9. The van der Waals surface area contributed by atoms with E-state index in [-0.39, 0.29) is 23.9 Å². The molecule has 25 heavy (non-hydrogen) atoms. The summed E-state index contributed by atoms with van der Waals surface area (Å²) in [6.45, 7) is 11.2. The lowest BCUT2D eigenvalue weighted by Crippen LogP contribution is -2.55. The van der Waals surface area contributed by atoms with Gasteiger partial charge in [-0.25, -0.2) is 0 Å². The fourth-order valence-corrected chi connectivity index (χ4v) is 3.50. The highest BCUT2D eigenvalue weighted by Gasteiger charge is 2.32. The number of hydrogen-bond donors (Lipinski definition) is 1. The maximum atomic E-state index is 12.8. The zero-order valence-electron chi connectivity index (χ0n) is 16.3. The quantitative estimate of drug-likeness (QED) is 0.825. The Morgan fingerprint density at radius 1 is 1.20 bits per heavy atom. The summed E-state index contributed by atoms with van der Waals surface area (Å²) in [7, 11) is 0. The van der Waals surface area contributed by atoms with Crippen LogP contribution in [0.2, 0.25) is 0 Å². The Morgan fingerprint density at radius 3 is 2.48 bits per heavy atom. The van der Waals surface area contributed by atoms with Crippen molar-refractivity contribution in [1.82, 2.24) is 9.80 Å². The largest absolute Gasteiger partial charge is 0.337 e. The van der Waals surface area contributed by atoms with Gasteiger partial charge in [0.15, 0.2) is 0 Å². The van der Waals surface area contributed by atoms with Crippen LogP contribution in [0, 0.1) is 5.92 Å². The van der Waals surface area contributed by atoms with Gasteiger partial charge in [0.05, 0.1) is 6.04 Å². The van der Waals surface area contributed by atoms with E-state index in [1.807, 2.05) is 13.8 Å². The molecule has 0 unspecified atom stereocenters. The van der Waals surface area contributed by atoms with Crippen LogP contribution in [0.5, 0.6) is 0 Å². The van der Waals surface area contributed by atoms with Gasteiger partial charge in [-0.1, -0.05) is 44.2 Å². The van der Waals surface area contributed by atoms with Crippen molar-refractivity contribution >= 4 is 5.91 Å². The van der Waals surface area contributed by atoms with Crippen molar-refractivity contribution in [1.29, 1.82) is 0 Å². The number of carbonyl (C=O) groups excluding carboxylic acids is 1. The summed E-state index contributed by atoms with van der Waals surface area (Å²) in [5.41, 5.74) is 7.49. The molecule has 0 aliphatic carbocycles. The standard InChI is InChI=1S/C21H35N3O/c1-16(2)20(22)21(25)24-13-9-8-12-19(24)15-23(17(3)4)14-18-10-6-5-7-11-18/h5-7,10-11,16-17,19-20H,8-9,12-15,22H2,1-4H3/t19-,20+/m1/s1. The summed E-state index contributed by atoms with van der Waals surface area (Å²) < 4.78 is 0. The van der Waals surface area contributed by atoms with Gasteiger partial charge < -0.3 is 10.6 Å². The van der Waals surface area contributed by atoms with E-state index in [1.54, 1.807) is 0 Å². The average Bonchev–Trinajstić information content (AvgIpc) is 2.61. The molecule has 1 heterocycles. The van der Waals surface area contributed by atoms with Crippen LogP contribution in [0.3, 0.4) is 0 Å². The number of rotatable bonds is 7.